The maximum absolute atomic E-state index is 13.3. The number of benzene rings is 2. The van der Waals surface area contributed by atoms with Gasteiger partial charge in [0.1, 0.15) is 11.1 Å². The maximum atomic E-state index is 13.3. The highest BCUT2D eigenvalue weighted by molar-refractivity contribution is 6.47. The SMILES string of the molecule is CC1CC(COC(=O)c2c(Cl)c(Cl)cc(Cl)c2OC(=O)C(=O)Oc2c(Cl)cc(Cl)c(Cl)c2C(=O)OCC2CC(C)C(C)C2C)C(C)C1C. The van der Waals surface area contributed by atoms with E-state index in [2.05, 4.69) is 41.5 Å². The van der Waals surface area contributed by atoms with E-state index in [4.69, 9.17) is 88.6 Å². The zero-order chi connectivity index (χ0) is 35.8. The average Bonchev–Trinajstić information content (AvgIpc) is 3.42. The quantitative estimate of drug-likeness (QED) is 0.113. The van der Waals surface area contributed by atoms with Gasteiger partial charge < -0.3 is 18.9 Å². The topological polar surface area (TPSA) is 105 Å². The van der Waals surface area contributed by atoms with Crippen LogP contribution in [0.1, 0.15) is 75.1 Å². The van der Waals surface area contributed by atoms with Gasteiger partial charge in [0, 0.05) is 0 Å². The minimum Gasteiger partial charge on any atom is -0.462 e. The van der Waals surface area contributed by atoms with Crippen molar-refractivity contribution in [3.8, 4) is 11.5 Å². The second-order valence-electron chi connectivity index (χ2n) is 13.1. The molecule has 0 saturated heterocycles. The summed E-state index contributed by atoms with van der Waals surface area (Å²) in [4.78, 5) is 52.7. The highest BCUT2D eigenvalue weighted by Crippen LogP contribution is 2.45. The molecule has 8 unspecified atom stereocenters. The minimum atomic E-state index is -1.64. The standard InChI is InChI=1S/C34H36Cl6O8/c1-13-7-19(17(5)15(13)3)11-45-31(41)25-27(39)21(35)9-23(37)29(25)47-33(43)34(44)48-30-24(38)10-22(36)28(40)26(30)32(42)46-12-20-8-14(2)16(4)18(20)6/h9-10,13-20H,7-8,11-12H2,1-6H3. The van der Waals surface area contributed by atoms with E-state index in [1.165, 1.54) is 0 Å². The lowest BCUT2D eigenvalue weighted by atomic mass is 9.91. The van der Waals surface area contributed by atoms with Crippen LogP contribution in [0.25, 0.3) is 0 Å². The molecule has 0 amide bonds. The summed E-state index contributed by atoms with van der Waals surface area (Å²) in [6.45, 7) is 12.9. The van der Waals surface area contributed by atoms with E-state index in [9.17, 15) is 19.2 Å². The number of hydrogen-bond donors (Lipinski definition) is 0. The Balaban J connectivity index is 1.54. The lowest BCUT2D eigenvalue weighted by Crippen LogP contribution is -2.28. The molecular weight excluding hydrogens is 749 g/mol. The second-order valence-corrected chi connectivity index (χ2v) is 15.5. The molecule has 48 heavy (non-hydrogen) atoms. The van der Waals surface area contributed by atoms with Crippen molar-refractivity contribution in [3.63, 3.8) is 0 Å². The summed E-state index contributed by atoms with van der Waals surface area (Å²) in [7, 11) is 0. The van der Waals surface area contributed by atoms with Crippen LogP contribution in [0.3, 0.4) is 0 Å². The Morgan fingerprint density at radius 1 is 0.562 bits per heavy atom. The van der Waals surface area contributed by atoms with Gasteiger partial charge in [0.2, 0.25) is 0 Å². The number of esters is 4. The molecule has 0 heterocycles. The molecule has 2 aromatic rings. The summed E-state index contributed by atoms with van der Waals surface area (Å²) in [5, 5.41) is -1.46. The molecule has 0 N–H and O–H groups in total. The number of carbonyl (C=O) groups excluding carboxylic acids is 4. The molecule has 262 valence electrons. The van der Waals surface area contributed by atoms with E-state index in [1.54, 1.807) is 0 Å². The van der Waals surface area contributed by atoms with Crippen LogP contribution in [0.2, 0.25) is 30.1 Å². The molecule has 2 aromatic carbocycles. The fraction of sp³-hybridized carbons (Fsp3) is 0.529. The normalized spacial score (nSPS) is 26.7. The highest BCUT2D eigenvalue weighted by Gasteiger charge is 2.38. The molecule has 8 atom stereocenters. The van der Waals surface area contributed by atoms with E-state index < -0.39 is 46.5 Å². The van der Waals surface area contributed by atoms with Gasteiger partial charge in [0.05, 0.1) is 43.3 Å². The predicted octanol–water partition coefficient (Wildman–Crippen LogP) is 10.3. The number of hydrogen-bond acceptors (Lipinski definition) is 8. The second kappa shape index (κ2) is 15.9. The summed E-state index contributed by atoms with van der Waals surface area (Å²) < 4.78 is 21.6. The van der Waals surface area contributed by atoms with Gasteiger partial charge >= 0.3 is 23.9 Å². The lowest BCUT2D eigenvalue weighted by Gasteiger charge is -2.20. The molecule has 2 saturated carbocycles. The van der Waals surface area contributed by atoms with E-state index >= 15 is 0 Å². The molecule has 0 aromatic heterocycles. The van der Waals surface area contributed by atoms with Gasteiger partial charge in [-0.05, 0) is 72.3 Å². The Kier molecular flexibility index (Phi) is 12.9. The average molecular weight is 785 g/mol. The van der Waals surface area contributed by atoms with Crippen LogP contribution in [-0.4, -0.2) is 37.1 Å². The summed E-state index contributed by atoms with van der Waals surface area (Å²) in [5.41, 5.74) is -0.910. The van der Waals surface area contributed by atoms with Crippen molar-refractivity contribution in [2.75, 3.05) is 13.2 Å². The Bertz CT molecular complexity index is 1500. The summed E-state index contributed by atoms with van der Waals surface area (Å²) >= 11 is 37.6. The minimum absolute atomic E-state index is 0.0803. The third kappa shape index (κ3) is 8.16. The highest BCUT2D eigenvalue weighted by atomic mass is 35.5. The molecule has 2 aliphatic rings. The van der Waals surface area contributed by atoms with Crippen LogP contribution in [0.15, 0.2) is 12.1 Å². The first-order valence-corrected chi connectivity index (χ1v) is 17.8. The number of rotatable bonds is 8. The Morgan fingerprint density at radius 3 is 1.19 bits per heavy atom. The lowest BCUT2D eigenvalue weighted by molar-refractivity contribution is -0.156. The van der Waals surface area contributed by atoms with Crippen molar-refractivity contribution in [1.29, 1.82) is 0 Å². The molecule has 2 fully saturated rings. The molecule has 8 nitrogen and oxygen atoms in total. The molecule has 0 bridgehead atoms. The molecule has 14 heteroatoms. The monoisotopic (exact) mass is 782 g/mol. The Morgan fingerprint density at radius 2 is 0.896 bits per heavy atom. The summed E-state index contributed by atoms with van der Waals surface area (Å²) in [6.07, 6.45) is 1.72. The number of carbonyl (C=O) groups is 4. The fourth-order valence-electron chi connectivity index (χ4n) is 6.65. The van der Waals surface area contributed by atoms with Crippen molar-refractivity contribution >= 4 is 93.5 Å². The van der Waals surface area contributed by atoms with Crippen molar-refractivity contribution in [3.05, 3.63) is 53.4 Å². The van der Waals surface area contributed by atoms with Gasteiger partial charge in [-0.2, -0.15) is 0 Å². The zero-order valence-electron chi connectivity index (χ0n) is 27.1. The largest absolute Gasteiger partial charge is 0.462 e. The van der Waals surface area contributed by atoms with Crippen molar-refractivity contribution in [2.24, 2.45) is 47.3 Å². The molecule has 0 aliphatic heterocycles. The van der Waals surface area contributed by atoms with Gasteiger partial charge in [-0.1, -0.05) is 111 Å². The molecule has 2 aliphatic carbocycles. The van der Waals surface area contributed by atoms with Crippen molar-refractivity contribution in [1.82, 2.24) is 0 Å². The molecule has 4 rings (SSSR count). The summed E-state index contributed by atoms with van der Waals surface area (Å²) in [5.74, 6) is -3.78. The number of ether oxygens (including phenoxy) is 4. The van der Waals surface area contributed by atoms with Crippen LogP contribution >= 0.6 is 69.6 Å². The maximum Gasteiger partial charge on any atom is 0.423 e. The Hall–Kier alpha value is -1.94. The first kappa shape index (κ1) is 38.9. The molecule has 0 spiro atoms. The Labute approximate surface area is 309 Å². The van der Waals surface area contributed by atoms with Crippen molar-refractivity contribution in [2.45, 2.75) is 54.4 Å². The van der Waals surface area contributed by atoms with Gasteiger partial charge in [-0.3, -0.25) is 0 Å². The van der Waals surface area contributed by atoms with Crippen LogP contribution in [0.4, 0.5) is 0 Å². The smallest absolute Gasteiger partial charge is 0.423 e. The third-order valence-electron chi connectivity index (χ3n) is 10.4. The van der Waals surface area contributed by atoms with E-state index in [1.807, 2.05) is 0 Å². The van der Waals surface area contributed by atoms with E-state index in [0.717, 1.165) is 25.0 Å². The molecular formula is C34H36Cl6O8. The van der Waals surface area contributed by atoms with Gasteiger partial charge in [-0.15, -0.1) is 0 Å². The van der Waals surface area contributed by atoms with Gasteiger partial charge in [0.25, 0.3) is 0 Å². The van der Waals surface area contributed by atoms with Crippen LogP contribution in [0, 0.1) is 47.3 Å². The third-order valence-corrected chi connectivity index (χ3v) is 12.5. The van der Waals surface area contributed by atoms with Gasteiger partial charge in [0.15, 0.2) is 11.5 Å². The summed E-state index contributed by atoms with van der Waals surface area (Å²) in [6, 6.07) is 2.27. The van der Waals surface area contributed by atoms with E-state index in [-0.39, 0.29) is 55.2 Å². The number of halogens is 6. The molecule has 0 radical (unpaired) electrons. The van der Waals surface area contributed by atoms with Crippen LogP contribution in [-0.2, 0) is 19.1 Å². The first-order chi connectivity index (χ1) is 22.4. The van der Waals surface area contributed by atoms with Crippen molar-refractivity contribution < 1.29 is 38.1 Å². The van der Waals surface area contributed by atoms with Crippen LogP contribution < -0.4 is 9.47 Å². The first-order valence-electron chi connectivity index (χ1n) is 15.6. The van der Waals surface area contributed by atoms with E-state index in [0.29, 0.717) is 35.5 Å². The van der Waals surface area contributed by atoms with Gasteiger partial charge in [-0.25, -0.2) is 19.2 Å². The van der Waals surface area contributed by atoms with Crippen LogP contribution in [0.5, 0.6) is 11.5 Å². The zero-order valence-corrected chi connectivity index (χ0v) is 31.7. The predicted molar refractivity (Wildman–Crippen MR) is 186 cm³/mol. The fourth-order valence-corrected chi connectivity index (χ4v) is 8.09.